The fourth-order valence-electron chi connectivity index (χ4n) is 3.58. The molecule has 2 aromatic heterocycles. The zero-order chi connectivity index (χ0) is 20.4. The Morgan fingerprint density at radius 1 is 1.17 bits per heavy atom. The molecule has 29 heavy (non-hydrogen) atoms. The molecule has 1 aliphatic rings. The molecule has 0 saturated carbocycles. The molecule has 1 unspecified atom stereocenters. The average Bonchev–Trinajstić information content (AvgIpc) is 3.20. The van der Waals surface area contributed by atoms with Gasteiger partial charge in [0.1, 0.15) is 5.56 Å². The largest absolute Gasteiger partial charge is 0.347 e. The van der Waals surface area contributed by atoms with Crippen LogP contribution in [0.4, 0.5) is 5.95 Å². The van der Waals surface area contributed by atoms with Gasteiger partial charge in [-0.3, -0.25) is 9.59 Å². The Hall–Kier alpha value is -3.48. The van der Waals surface area contributed by atoms with Gasteiger partial charge in [-0.2, -0.15) is 0 Å². The SMILES string of the molecule is Cc1ccn(C)c(=O)c1C(=O)NC1CCN(c2nccc(-c3ccccc3)n2)C1. The first-order valence-corrected chi connectivity index (χ1v) is 9.63. The first-order valence-electron chi connectivity index (χ1n) is 9.63. The molecule has 0 aliphatic carbocycles. The number of amides is 1. The van der Waals surface area contributed by atoms with Crippen molar-refractivity contribution in [1.82, 2.24) is 19.9 Å². The molecule has 1 atom stereocenters. The third-order valence-corrected chi connectivity index (χ3v) is 5.22. The van der Waals surface area contributed by atoms with Gasteiger partial charge >= 0.3 is 0 Å². The number of nitrogens with one attached hydrogen (secondary N) is 1. The van der Waals surface area contributed by atoms with E-state index in [4.69, 9.17) is 0 Å². The molecular weight excluding hydrogens is 366 g/mol. The van der Waals surface area contributed by atoms with Crippen molar-refractivity contribution in [3.63, 3.8) is 0 Å². The summed E-state index contributed by atoms with van der Waals surface area (Å²) in [6, 6.07) is 13.6. The molecule has 1 amide bonds. The molecule has 1 aromatic carbocycles. The van der Waals surface area contributed by atoms with E-state index in [1.165, 1.54) is 4.57 Å². The van der Waals surface area contributed by atoms with Crippen LogP contribution >= 0.6 is 0 Å². The van der Waals surface area contributed by atoms with Gasteiger partial charge in [0.25, 0.3) is 11.5 Å². The normalized spacial score (nSPS) is 16.1. The lowest BCUT2D eigenvalue weighted by Gasteiger charge is -2.18. The van der Waals surface area contributed by atoms with Crippen molar-refractivity contribution in [3.8, 4) is 11.3 Å². The number of pyridine rings is 1. The van der Waals surface area contributed by atoms with Crippen LogP contribution in [0.3, 0.4) is 0 Å². The van der Waals surface area contributed by atoms with Gasteiger partial charge in [-0.05, 0) is 31.0 Å². The molecule has 0 radical (unpaired) electrons. The van der Waals surface area contributed by atoms with Crippen molar-refractivity contribution in [2.75, 3.05) is 18.0 Å². The Kier molecular flexibility index (Phi) is 5.12. The van der Waals surface area contributed by atoms with E-state index in [0.717, 1.165) is 24.2 Å². The Labute approximate surface area is 169 Å². The summed E-state index contributed by atoms with van der Waals surface area (Å²) < 4.78 is 1.42. The summed E-state index contributed by atoms with van der Waals surface area (Å²) in [6.07, 6.45) is 4.20. The van der Waals surface area contributed by atoms with Crippen LogP contribution in [0.5, 0.6) is 0 Å². The smallest absolute Gasteiger partial charge is 0.263 e. The van der Waals surface area contributed by atoms with E-state index in [9.17, 15) is 9.59 Å². The third-order valence-electron chi connectivity index (χ3n) is 5.22. The number of aromatic nitrogens is 3. The maximum absolute atomic E-state index is 12.7. The first-order chi connectivity index (χ1) is 14.0. The molecule has 7 nitrogen and oxygen atoms in total. The zero-order valence-electron chi connectivity index (χ0n) is 16.5. The summed E-state index contributed by atoms with van der Waals surface area (Å²) in [7, 11) is 1.65. The van der Waals surface area contributed by atoms with Crippen LogP contribution < -0.4 is 15.8 Å². The Bertz CT molecular complexity index is 1090. The van der Waals surface area contributed by atoms with E-state index >= 15 is 0 Å². The van der Waals surface area contributed by atoms with Crippen LogP contribution in [-0.2, 0) is 7.05 Å². The van der Waals surface area contributed by atoms with Crippen molar-refractivity contribution >= 4 is 11.9 Å². The van der Waals surface area contributed by atoms with Gasteiger partial charge in [0, 0.05) is 44.1 Å². The van der Waals surface area contributed by atoms with Gasteiger partial charge in [0.05, 0.1) is 5.69 Å². The van der Waals surface area contributed by atoms with Crippen LogP contribution in [0.15, 0.2) is 59.7 Å². The van der Waals surface area contributed by atoms with E-state index in [0.29, 0.717) is 18.1 Å². The Morgan fingerprint density at radius 2 is 1.97 bits per heavy atom. The molecule has 3 aromatic rings. The summed E-state index contributed by atoms with van der Waals surface area (Å²) in [5.41, 5.74) is 2.51. The van der Waals surface area contributed by atoms with Gasteiger partial charge in [0.2, 0.25) is 5.95 Å². The minimum atomic E-state index is -0.325. The summed E-state index contributed by atoms with van der Waals surface area (Å²) in [5.74, 6) is 0.324. The molecule has 1 saturated heterocycles. The standard InChI is InChI=1S/C22H23N5O2/c1-15-9-12-26(2)21(29)19(15)20(28)24-17-10-13-27(14-17)22-23-11-8-18(25-22)16-6-4-3-5-7-16/h3-9,11-12,17H,10,13-14H2,1-2H3,(H,24,28). The highest BCUT2D eigenvalue weighted by Crippen LogP contribution is 2.21. The van der Waals surface area contributed by atoms with E-state index in [1.807, 2.05) is 36.4 Å². The number of hydrogen-bond acceptors (Lipinski definition) is 5. The fraction of sp³-hybridized carbons (Fsp3) is 0.273. The molecule has 1 N–H and O–H groups in total. The Balaban J connectivity index is 1.47. The predicted molar refractivity (Wildman–Crippen MR) is 112 cm³/mol. The third kappa shape index (κ3) is 3.89. The highest BCUT2D eigenvalue weighted by Gasteiger charge is 2.27. The number of rotatable bonds is 4. The second-order valence-electron chi connectivity index (χ2n) is 7.30. The molecule has 0 spiro atoms. The average molecular weight is 389 g/mol. The number of anilines is 1. The van der Waals surface area contributed by atoms with Crippen LogP contribution in [0, 0.1) is 6.92 Å². The van der Waals surface area contributed by atoms with Crippen LogP contribution in [0.2, 0.25) is 0 Å². The molecule has 3 heterocycles. The van der Waals surface area contributed by atoms with Crippen molar-refractivity contribution in [2.24, 2.45) is 7.05 Å². The van der Waals surface area contributed by atoms with E-state index in [2.05, 4.69) is 20.2 Å². The minimum Gasteiger partial charge on any atom is -0.347 e. The summed E-state index contributed by atoms with van der Waals surface area (Å²) in [6.45, 7) is 3.13. The summed E-state index contributed by atoms with van der Waals surface area (Å²) >= 11 is 0. The summed E-state index contributed by atoms with van der Waals surface area (Å²) in [4.78, 5) is 36.2. The first kappa shape index (κ1) is 18.9. The number of carbonyl (C=O) groups excluding carboxylic acids is 1. The second-order valence-corrected chi connectivity index (χ2v) is 7.30. The number of hydrogen-bond donors (Lipinski definition) is 1. The lowest BCUT2D eigenvalue weighted by Crippen LogP contribution is -2.40. The van der Waals surface area contributed by atoms with E-state index in [1.54, 1.807) is 32.4 Å². The highest BCUT2D eigenvalue weighted by atomic mass is 16.2. The van der Waals surface area contributed by atoms with Gasteiger partial charge in [-0.1, -0.05) is 30.3 Å². The number of aryl methyl sites for hydroxylation is 2. The Morgan fingerprint density at radius 3 is 2.76 bits per heavy atom. The van der Waals surface area contributed by atoms with E-state index < -0.39 is 0 Å². The quantitative estimate of drug-likeness (QED) is 0.740. The molecule has 1 fully saturated rings. The van der Waals surface area contributed by atoms with Gasteiger partial charge in [0.15, 0.2) is 0 Å². The number of nitrogens with zero attached hydrogens (tertiary/aromatic N) is 4. The minimum absolute atomic E-state index is 0.0595. The van der Waals surface area contributed by atoms with E-state index in [-0.39, 0.29) is 23.1 Å². The second kappa shape index (κ2) is 7.87. The van der Waals surface area contributed by atoms with Crippen molar-refractivity contribution in [3.05, 3.63) is 76.3 Å². The lowest BCUT2D eigenvalue weighted by molar-refractivity contribution is 0.0937. The molecule has 1 aliphatic heterocycles. The van der Waals surface area contributed by atoms with Crippen molar-refractivity contribution in [1.29, 1.82) is 0 Å². The lowest BCUT2D eigenvalue weighted by atomic mass is 10.1. The van der Waals surface area contributed by atoms with Gasteiger partial charge < -0.3 is 14.8 Å². The van der Waals surface area contributed by atoms with Gasteiger partial charge in [-0.25, -0.2) is 9.97 Å². The molecule has 4 rings (SSSR count). The molecule has 148 valence electrons. The van der Waals surface area contributed by atoms with Gasteiger partial charge in [-0.15, -0.1) is 0 Å². The van der Waals surface area contributed by atoms with Crippen molar-refractivity contribution in [2.45, 2.75) is 19.4 Å². The van der Waals surface area contributed by atoms with Crippen LogP contribution in [0.25, 0.3) is 11.3 Å². The topological polar surface area (TPSA) is 80.1 Å². The van der Waals surface area contributed by atoms with Crippen LogP contribution in [-0.4, -0.2) is 39.6 Å². The monoisotopic (exact) mass is 389 g/mol. The highest BCUT2D eigenvalue weighted by molar-refractivity contribution is 5.95. The maximum atomic E-state index is 12.7. The number of benzene rings is 1. The fourth-order valence-corrected chi connectivity index (χ4v) is 3.58. The van der Waals surface area contributed by atoms with Crippen LogP contribution in [0.1, 0.15) is 22.3 Å². The predicted octanol–water partition coefficient (Wildman–Crippen LogP) is 2.16. The maximum Gasteiger partial charge on any atom is 0.263 e. The molecule has 7 heteroatoms. The number of carbonyl (C=O) groups is 1. The molecular formula is C22H23N5O2. The molecule has 0 bridgehead atoms. The van der Waals surface area contributed by atoms with Crippen molar-refractivity contribution < 1.29 is 4.79 Å². The zero-order valence-corrected chi connectivity index (χ0v) is 16.5. The summed E-state index contributed by atoms with van der Waals surface area (Å²) in [5, 5.41) is 3.00.